The van der Waals surface area contributed by atoms with Crippen molar-refractivity contribution in [1.29, 1.82) is 0 Å². The first-order valence-corrected chi connectivity index (χ1v) is 10.6. The first kappa shape index (κ1) is 22.1. The molecule has 0 saturated carbocycles. The quantitative estimate of drug-likeness (QED) is 0.250. The molecular weight excluding hydrogens is 394 g/mol. The van der Waals surface area contributed by atoms with Gasteiger partial charge in [-0.1, -0.05) is 36.4 Å². The predicted octanol–water partition coefficient (Wildman–Crippen LogP) is 5.58. The number of hydrogen-bond donors (Lipinski definition) is 1. The van der Waals surface area contributed by atoms with Gasteiger partial charge in [-0.3, -0.25) is 4.99 Å². The maximum Gasteiger partial charge on any atom is 0.119 e. The highest BCUT2D eigenvalue weighted by Crippen LogP contribution is 2.23. The number of rotatable bonds is 11. The van der Waals surface area contributed by atoms with Crippen LogP contribution in [0, 0.1) is 0 Å². The average molecular weight is 422 g/mol. The van der Waals surface area contributed by atoms with Crippen molar-refractivity contribution in [3.8, 4) is 16.9 Å². The lowest BCUT2D eigenvalue weighted by Crippen LogP contribution is -2.09. The molecule has 0 saturated heterocycles. The van der Waals surface area contributed by atoms with Gasteiger partial charge in [0.05, 0.1) is 25.5 Å². The Morgan fingerprint density at radius 1 is 0.767 bits per heavy atom. The summed E-state index contributed by atoms with van der Waals surface area (Å²) in [5.41, 5.74) is 5.52. The van der Waals surface area contributed by atoms with E-state index < -0.39 is 0 Å². The fourth-order valence-electron chi connectivity index (χ4n) is 2.80. The van der Waals surface area contributed by atoms with Gasteiger partial charge in [0.15, 0.2) is 0 Å². The van der Waals surface area contributed by atoms with Crippen molar-refractivity contribution in [2.45, 2.75) is 5.75 Å². The molecule has 156 valence electrons. The lowest BCUT2D eigenvalue weighted by Gasteiger charge is -2.07. The van der Waals surface area contributed by atoms with E-state index in [0.29, 0.717) is 26.4 Å². The summed E-state index contributed by atoms with van der Waals surface area (Å²) in [6, 6.07) is 24.6. The van der Waals surface area contributed by atoms with Crippen LogP contribution in [-0.2, 0) is 15.2 Å². The van der Waals surface area contributed by atoms with E-state index in [2.05, 4.69) is 54.0 Å². The van der Waals surface area contributed by atoms with Crippen molar-refractivity contribution in [3.63, 3.8) is 0 Å². The Kier molecular flexibility index (Phi) is 8.97. The summed E-state index contributed by atoms with van der Waals surface area (Å²) < 4.78 is 16.0. The molecule has 0 heterocycles. The minimum absolute atomic E-state index is 0.515. The fourth-order valence-corrected chi connectivity index (χ4v) is 3.02. The number of benzene rings is 3. The molecule has 0 bridgehead atoms. The van der Waals surface area contributed by atoms with Crippen LogP contribution in [0.2, 0.25) is 0 Å². The molecule has 0 aliphatic carbocycles. The highest BCUT2D eigenvalue weighted by atomic mass is 32.1. The van der Waals surface area contributed by atoms with E-state index in [1.807, 2.05) is 42.6 Å². The Labute approximate surface area is 183 Å². The summed E-state index contributed by atoms with van der Waals surface area (Å²) >= 11 is 4.30. The molecule has 0 aliphatic heterocycles. The third-order valence-corrected chi connectivity index (χ3v) is 4.87. The molecule has 3 aromatic rings. The van der Waals surface area contributed by atoms with Gasteiger partial charge in [0.1, 0.15) is 12.4 Å². The molecule has 0 N–H and O–H groups in total. The van der Waals surface area contributed by atoms with E-state index in [4.69, 9.17) is 14.2 Å². The number of hydrogen-bond acceptors (Lipinski definition) is 5. The Morgan fingerprint density at radius 2 is 1.40 bits per heavy atom. The molecule has 0 fully saturated rings. The maximum absolute atomic E-state index is 5.66. The third-order valence-electron chi connectivity index (χ3n) is 4.51. The number of ether oxygens (including phenoxy) is 3. The van der Waals surface area contributed by atoms with Gasteiger partial charge in [-0.15, -0.1) is 0 Å². The maximum atomic E-state index is 5.66. The van der Waals surface area contributed by atoms with Gasteiger partial charge < -0.3 is 14.2 Å². The van der Waals surface area contributed by atoms with Crippen LogP contribution in [-0.4, -0.2) is 39.8 Å². The molecule has 4 nitrogen and oxygen atoms in total. The first-order chi connectivity index (χ1) is 14.8. The Morgan fingerprint density at radius 3 is 2.03 bits per heavy atom. The van der Waals surface area contributed by atoms with Crippen LogP contribution < -0.4 is 4.74 Å². The Balaban J connectivity index is 1.50. The van der Waals surface area contributed by atoms with Gasteiger partial charge in [0.2, 0.25) is 0 Å². The molecule has 5 heteroatoms. The van der Waals surface area contributed by atoms with Crippen LogP contribution >= 0.6 is 12.6 Å². The van der Waals surface area contributed by atoms with Crippen LogP contribution in [0.1, 0.15) is 11.1 Å². The molecule has 0 spiro atoms. The molecule has 0 radical (unpaired) electrons. The van der Waals surface area contributed by atoms with Gasteiger partial charge in [0.25, 0.3) is 0 Å². The zero-order valence-corrected chi connectivity index (χ0v) is 18.1. The number of thiol groups is 1. The van der Waals surface area contributed by atoms with E-state index in [9.17, 15) is 0 Å². The van der Waals surface area contributed by atoms with E-state index in [-0.39, 0.29) is 0 Å². The van der Waals surface area contributed by atoms with Crippen LogP contribution in [0.4, 0.5) is 5.69 Å². The second-order valence-corrected chi connectivity index (χ2v) is 7.00. The summed E-state index contributed by atoms with van der Waals surface area (Å²) in [7, 11) is 1.66. The molecule has 0 aromatic heterocycles. The van der Waals surface area contributed by atoms with Crippen molar-refractivity contribution in [2.75, 3.05) is 33.5 Å². The molecule has 3 rings (SSSR count). The van der Waals surface area contributed by atoms with Crippen molar-refractivity contribution in [2.24, 2.45) is 4.99 Å². The normalized spacial score (nSPS) is 11.1. The zero-order chi connectivity index (χ0) is 21.0. The minimum atomic E-state index is 0.515. The lowest BCUT2D eigenvalue weighted by molar-refractivity contribution is 0.0544. The Bertz CT molecular complexity index is 907. The topological polar surface area (TPSA) is 40.0 Å². The van der Waals surface area contributed by atoms with Gasteiger partial charge in [0, 0.05) is 19.1 Å². The molecule has 3 aromatic carbocycles. The van der Waals surface area contributed by atoms with E-state index in [0.717, 1.165) is 22.8 Å². The van der Waals surface area contributed by atoms with Crippen LogP contribution in [0.5, 0.6) is 5.75 Å². The summed E-state index contributed by atoms with van der Waals surface area (Å²) in [5.74, 6) is 1.57. The smallest absolute Gasteiger partial charge is 0.119 e. The lowest BCUT2D eigenvalue weighted by atomic mass is 10.0. The number of nitrogens with zero attached hydrogens (tertiary/aromatic N) is 1. The third kappa shape index (κ3) is 7.02. The largest absolute Gasteiger partial charge is 0.491 e. The molecule has 0 amide bonds. The highest BCUT2D eigenvalue weighted by molar-refractivity contribution is 7.79. The molecule has 30 heavy (non-hydrogen) atoms. The fraction of sp³-hybridized carbons (Fsp3) is 0.240. The van der Waals surface area contributed by atoms with Crippen molar-refractivity contribution >= 4 is 24.5 Å². The number of aliphatic imine (C=N–C) groups is 1. The van der Waals surface area contributed by atoms with Gasteiger partial charge in [-0.2, -0.15) is 12.6 Å². The molecule has 0 unspecified atom stereocenters. The molecular formula is C25H27NO3S. The first-order valence-electron chi connectivity index (χ1n) is 9.92. The molecule has 0 aliphatic rings. The monoisotopic (exact) mass is 421 g/mol. The van der Waals surface area contributed by atoms with Gasteiger partial charge in [-0.05, 0) is 58.7 Å². The standard InChI is InChI=1S/C25H27NO3S/c1-27-14-15-28-16-17-29-25-12-4-20(5-13-25)18-26-24-10-8-23(9-11-24)22-6-2-21(19-30)3-7-22/h2-13,18,30H,14-17,19H2,1H3. The van der Waals surface area contributed by atoms with Crippen LogP contribution in [0.25, 0.3) is 11.1 Å². The second-order valence-electron chi connectivity index (χ2n) is 6.68. The summed E-state index contributed by atoms with van der Waals surface area (Å²) in [5, 5.41) is 0. The highest BCUT2D eigenvalue weighted by Gasteiger charge is 1.99. The van der Waals surface area contributed by atoms with E-state index >= 15 is 0 Å². The number of methoxy groups -OCH3 is 1. The zero-order valence-electron chi connectivity index (χ0n) is 17.2. The van der Waals surface area contributed by atoms with Crippen molar-refractivity contribution in [3.05, 3.63) is 83.9 Å². The van der Waals surface area contributed by atoms with Crippen molar-refractivity contribution < 1.29 is 14.2 Å². The molecule has 0 atom stereocenters. The van der Waals surface area contributed by atoms with E-state index in [1.54, 1.807) is 7.11 Å². The average Bonchev–Trinajstić information content (AvgIpc) is 2.81. The van der Waals surface area contributed by atoms with Crippen LogP contribution in [0.3, 0.4) is 0 Å². The summed E-state index contributed by atoms with van der Waals surface area (Å²) in [4.78, 5) is 4.56. The van der Waals surface area contributed by atoms with Gasteiger partial charge >= 0.3 is 0 Å². The second kappa shape index (κ2) is 12.2. The van der Waals surface area contributed by atoms with Gasteiger partial charge in [-0.25, -0.2) is 0 Å². The summed E-state index contributed by atoms with van der Waals surface area (Å²) in [6.07, 6.45) is 1.86. The van der Waals surface area contributed by atoms with Crippen LogP contribution in [0.15, 0.2) is 77.8 Å². The SMILES string of the molecule is COCCOCCOc1ccc(C=Nc2ccc(-c3ccc(CS)cc3)cc2)cc1. The summed E-state index contributed by atoms with van der Waals surface area (Å²) in [6.45, 7) is 2.24. The Hall–Kier alpha value is -2.60. The predicted molar refractivity (Wildman–Crippen MR) is 126 cm³/mol. The minimum Gasteiger partial charge on any atom is -0.491 e. The van der Waals surface area contributed by atoms with Crippen molar-refractivity contribution in [1.82, 2.24) is 0 Å². The van der Waals surface area contributed by atoms with E-state index in [1.165, 1.54) is 16.7 Å².